The molecular weight excluding hydrogens is 312 g/mol. The largest absolute Gasteiger partial charge is 0.0984 e. The molecule has 0 nitrogen and oxygen atoms in total. The Kier molecular flexibility index (Phi) is 4.49. The average molecular weight is 332 g/mol. The van der Waals surface area contributed by atoms with Crippen LogP contribution in [0.25, 0.3) is 39.5 Å². The van der Waals surface area contributed by atoms with Crippen molar-refractivity contribution in [1.29, 1.82) is 0 Å². The van der Waals surface area contributed by atoms with Gasteiger partial charge >= 0.3 is 0 Å². The Morgan fingerprint density at radius 3 is 1.69 bits per heavy atom. The van der Waals surface area contributed by atoms with Crippen LogP contribution < -0.4 is 0 Å². The molecule has 26 heavy (non-hydrogen) atoms. The topological polar surface area (TPSA) is 0 Å². The first-order valence-electron chi connectivity index (χ1n) is 8.84. The maximum atomic E-state index is 4.00. The summed E-state index contributed by atoms with van der Waals surface area (Å²) in [6.45, 7) is 4.00. The third kappa shape index (κ3) is 2.98. The summed E-state index contributed by atoms with van der Waals surface area (Å²) < 4.78 is 0. The predicted molar refractivity (Wildman–Crippen MR) is 113 cm³/mol. The Labute approximate surface area is 155 Å². The molecule has 0 heterocycles. The van der Waals surface area contributed by atoms with Gasteiger partial charge in [0.2, 0.25) is 0 Å². The van der Waals surface area contributed by atoms with Crippen molar-refractivity contribution in [2.24, 2.45) is 0 Å². The highest BCUT2D eigenvalue weighted by atomic mass is 14.2. The first-order chi connectivity index (χ1) is 12.9. The van der Waals surface area contributed by atoms with Crippen LogP contribution in [0.15, 0.2) is 110 Å². The van der Waals surface area contributed by atoms with E-state index in [-0.39, 0.29) is 0 Å². The van der Waals surface area contributed by atoms with Crippen LogP contribution in [0.4, 0.5) is 0 Å². The van der Waals surface area contributed by atoms with Gasteiger partial charge in [-0.3, -0.25) is 0 Å². The third-order valence-electron chi connectivity index (χ3n) is 4.68. The summed E-state index contributed by atoms with van der Waals surface area (Å²) in [7, 11) is 0. The molecule has 0 unspecified atom stereocenters. The van der Waals surface area contributed by atoms with E-state index in [0.717, 1.165) is 5.56 Å². The lowest BCUT2D eigenvalue weighted by Gasteiger charge is -2.17. The summed E-state index contributed by atoms with van der Waals surface area (Å²) in [5.41, 5.74) is 8.54. The van der Waals surface area contributed by atoms with E-state index in [1.807, 2.05) is 6.08 Å². The van der Waals surface area contributed by atoms with Crippen molar-refractivity contribution in [3.05, 3.63) is 115 Å². The fourth-order valence-electron chi connectivity index (χ4n) is 3.47. The first kappa shape index (κ1) is 16.1. The number of hydrogen-bond acceptors (Lipinski definition) is 0. The zero-order valence-corrected chi connectivity index (χ0v) is 14.6. The molecule has 0 aliphatic rings. The van der Waals surface area contributed by atoms with Gasteiger partial charge < -0.3 is 0 Å². The fourth-order valence-corrected chi connectivity index (χ4v) is 3.47. The van der Waals surface area contributed by atoms with Crippen LogP contribution in [0.3, 0.4) is 0 Å². The van der Waals surface area contributed by atoms with E-state index in [4.69, 9.17) is 0 Å². The molecule has 4 aromatic rings. The van der Waals surface area contributed by atoms with Gasteiger partial charge in [0.15, 0.2) is 0 Å². The van der Waals surface area contributed by atoms with Crippen molar-refractivity contribution in [3.63, 3.8) is 0 Å². The number of rotatable bonds is 4. The second-order valence-electron chi connectivity index (χ2n) is 6.25. The summed E-state index contributed by atoms with van der Waals surface area (Å²) in [4.78, 5) is 0. The molecule has 0 saturated heterocycles. The van der Waals surface area contributed by atoms with E-state index in [1.54, 1.807) is 0 Å². The van der Waals surface area contributed by atoms with Gasteiger partial charge in [0.25, 0.3) is 0 Å². The van der Waals surface area contributed by atoms with Crippen LogP contribution in [0.2, 0.25) is 0 Å². The van der Waals surface area contributed by atoms with Crippen molar-refractivity contribution < 1.29 is 0 Å². The molecule has 0 aliphatic heterocycles. The molecule has 0 fully saturated rings. The molecule has 0 aliphatic carbocycles. The highest BCUT2D eigenvalue weighted by Gasteiger charge is 2.14. The normalized spacial score (nSPS) is 10.5. The minimum Gasteiger partial charge on any atom is -0.0984 e. The fraction of sp³-hybridized carbons (Fsp3) is 0. The van der Waals surface area contributed by atoms with Crippen molar-refractivity contribution in [3.8, 4) is 33.4 Å². The minimum atomic E-state index is 1.15. The lowest BCUT2D eigenvalue weighted by molar-refractivity contribution is 1.55. The highest BCUT2D eigenvalue weighted by molar-refractivity contribution is 5.96. The van der Waals surface area contributed by atoms with Gasteiger partial charge in [0.05, 0.1) is 0 Å². The molecule has 0 saturated carbocycles. The molecule has 0 aromatic heterocycles. The Bertz CT molecular complexity index is 1030. The zero-order chi connectivity index (χ0) is 17.8. The Balaban J connectivity index is 2.06. The van der Waals surface area contributed by atoms with Crippen LogP contribution in [-0.4, -0.2) is 0 Å². The monoisotopic (exact) mass is 332 g/mol. The second kappa shape index (κ2) is 7.25. The van der Waals surface area contributed by atoms with Crippen molar-refractivity contribution in [1.82, 2.24) is 0 Å². The molecule has 0 amide bonds. The zero-order valence-electron chi connectivity index (χ0n) is 14.6. The first-order valence-corrected chi connectivity index (χ1v) is 8.84. The smallest absolute Gasteiger partial charge is 0.00266 e. The molecule has 0 radical (unpaired) electrons. The Morgan fingerprint density at radius 1 is 0.462 bits per heavy atom. The minimum absolute atomic E-state index is 1.15. The van der Waals surface area contributed by atoms with Crippen LogP contribution in [0.5, 0.6) is 0 Å². The predicted octanol–water partition coefficient (Wildman–Crippen LogP) is 7.33. The van der Waals surface area contributed by atoms with E-state index >= 15 is 0 Å². The highest BCUT2D eigenvalue weighted by Crippen LogP contribution is 2.41. The Morgan fingerprint density at radius 2 is 1.00 bits per heavy atom. The summed E-state index contributed by atoms with van der Waals surface area (Å²) in [6, 6.07) is 36.2. The van der Waals surface area contributed by atoms with Crippen LogP contribution >= 0.6 is 0 Å². The molecular formula is C26H20. The van der Waals surface area contributed by atoms with Gasteiger partial charge in [0, 0.05) is 0 Å². The third-order valence-corrected chi connectivity index (χ3v) is 4.68. The van der Waals surface area contributed by atoms with Crippen LogP contribution in [0.1, 0.15) is 5.56 Å². The molecule has 0 N–H and O–H groups in total. The average Bonchev–Trinajstić information content (AvgIpc) is 2.74. The van der Waals surface area contributed by atoms with Gasteiger partial charge in [-0.2, -0.15) is 0 Å². The summed E-state index contributed by atoms with van der Waals surface area (Å²) in [5.74, 6) is 0. The standard InChI is InChI=1S/C26H20/c1-2-20-12-9-10-17-23(20)25-19-11-18-24(21-13-5-3-6-14-21)26(25)22-15-7-4-8-16-22/h2-19H,1H2. The van der Waals surface area contributed by atoms with E-state index in [0.29, 0.717) is 0 Å². The molecule has 4 rings (SSSR count). The maximum Gasteiger partial charge on any atom is -0.00266 e. The molecule has 124 valence electrons. The SMILES string of the molecule is C=Cc1ccccc1-c1cccc(-c2ccccc2)c1-c1ccccc1. The molecule has 0 heteroatoms. The summed E-state index contributed by atoms with van der Waals surface area (Å²) in [6.07, 6.45) is 1.93. The van der Waals surface area contributed by atoms with E-state index < -0.39 is 0 Å². The van der Waals surface area contributed by atoms with Gasteiger partial charge in [-0.25, -0.2) is 0 Å². The molecule has 0 atom stereocenters. The number of hydrogen-bond donors (Lipinski definition) is 0. The van der Waals surface area contributed by atoms with E-state index in [9.17, 15) is 0 Å². The van der Waals surface area contributed by atoms with Crippen LogP contribution in [-0.2, 0) is 0 Å². The maximum absolute atomic E-state index is 4.00. The van der Waals surface area contributed by atoms with Gasteiger partial charge in [-0.05, 0) is 38.9 Å². The molecule has 4 aromatic carbocycles. The summed E-state index contributed by atoms with van der Waals surface area (Å²) in [5, 5.41) is 0. The van der Waals surface area contributed by atoms with Gasteiger partial charge in [-0.15, -0.1) is 0 Å². The van der Waals surface area contributed by atoms with E-state index in [2.05, 4.69) is 110 Å². The molecule has 0 bridgehead atoms. The van der Waals surface area contributed by atoms with Gasteiger partial charge in [-0.1, -0.05) is 116 Å². The van der Waals surface area contributed by atoms with Gasteiger partial charge in [0.1, 0.15) is 0 Å². The lowest BCUT2D eigenvalue weighted by atomic mass is 9.86. The van der Waals surface area contributed by atoms with Crippen molar-refractivity contribution in [2.45, 2.75) is 0 Å². The molecule has 0 spiro atoms. The number of benzene rings is 4. The summed E-state index contributed by atoms with van der Waals surface area (Å²) >= 11 is 0. The van der Waals surface area contributed by atoms with Crippen LogP contribution in [0, 0.1) is 0 Å². The Hall–Kier alpha value is -3.38. The lowest BCUT2D eigenvalue weighted by Crippen LogP contribution is -1.92. The van der Waals surface area contributed by atoms with E-state index in [1.165, 1.54) is 33.4 Å². The van der Waals surface area contributed by atoms with Crippen molar-refractivity contribution in [2.75, 3.05) is 0 Å². The van der Waals surface area contributed by atoms with Crippen molar-refractivity contribution >= 4 is 6.08 Å². The quantitative estimate of drug-likeness (QED) is 0.367. The second-order valence-corrected chi connectivity index (χ2v) is 6.25.